The van der Waals surface area contributed by atoms with Crippen molar-refractivity contribution in [3.8, 4) is 0 Å². The fraction of sp³-hybridized carbons (Fsp3) is 0.600. The molecule has 3 fully saturated rings. The lowest BCUT2D eigenvalue weighted by Crippen LogP contribution is -2.45. The Kier molecular flexibility index (Phi) is 5.96. The van der Waals surface area contributed by atoms with Crippen LogP contribution >= 0.6 is 0 Å². The van der Waals surface area contributed by atoms with E-state index in [0.717, 1.165) is 12.8 Å². The van der Waals surface area contributed by atoms with E-state index >= 15 is 0 Å². The number of carbonyl (C=O) groups excluding carboxylic acids is 2. The van der Waals surface area contributed by atoms with Gasteiger partial charge in [0.1, 0.15) is 11.9 Å². The first kappa shape index (κ1) is 21.7. The van der Waals surface area contributed by atoms with E-state index in [1.165, 1.54) is 18.1 Å². The zero-order valence-electron chi connectivity index (χ0n) is 17.3. The van der Waals surface area contributed by atoms with Crippen molar-refractivity contribution in [2.75, 3.05) is 54.6 Å². The van der Waals surface area contributed by atoms with Gasteiger partial charge in [-0.3, -0.25) is 4.90 Å². The molecule has 0 radical (unpaired) electrons. The molecular weight excluding hydrogens is 429 g/mol. The van der Waals surface area contributed by atoms with Gasteiger partial charge in [0.2, 0.25) is 0 Å². The minimum atomic E-state index is -2.83. The molecule has 3 aliphatic heterocycles. The predicted octanol–water partition coefficient (Wildman–Crippen LogP) is 1.77. The van der Waals surface area contributed by atoms with E-state index in [-0.39, 0.29) is 30.5 Å². The molecule has 3 aliphatic rings. The second-order valence-corrected chi connectivity index (χ2v) is 10.4. The van der Waals surface area contributed by atoms with Gasteiger partial charge in [-0.15, -0.1) is 0 Å². The molecule has 0 saturated carbocycles. The van der Waals surface area contributed by atoms with Crippen molar-refractivity contribution in [1.29, 1.82) is 0 Å². The number of anilines is 2. The maximum atomic E-state index is 14.9. The van der Waals surface area contributed by atoms with Gasteiger partial charge in [0, 0.05) is 13.1 Å². The molecule has 4 rings (SSSR count). The predicted molar refractivity (Wildman–Crippen MR) is 112 cm³/mol. The number of cyclic esters (lactones) is 1. The quantitative estimate of drug-likeness (QED) is 0.721. The summed E-state index contributed by atoms with van der Waals surface area (Å²) in [7, 11) is -1.58. The first-order valence-electron chi connectivity index (χ1n) is 10.3. The number of carbonyl (C=O) groups is 2. The lowest BCUT2D eigenvalue weighted by Gasteiger charge is -2.40. The second kappa shape index (κ2) is 8.52. The standard InChI is InChI=1S/C20H26FN3O6S/c1-29-19(25)22-9-16-10-24(20(26)30-16)15-2-3-18(17(21)8-15)23-6-4-13(5-7-23)14-11-31(27,28)12-14/h2-3,8,13-14,16H,4-7,9-12H2,1H3,(H,22,25)/t16-/m0/s1. The van der Waals surface area contributed by atoms with Crippen molar-refractivity contribution in [1.82, 2.24) is 5.32 Å². The largest absolute Gasteiger partial charge is 0.453 e. The van der Waals surface area contributed by atoms with Crippen LogP contribution in [0.4, 0.5) is 25.4 Å². The molecule has 1 aromatic carbocycles. The molecule has 31 heavy (non-hydrogen) atoms. The monoisotopic (exact) mass is 455 g/mol. The third-order valence-electron chi connectivity index (χ3n) is 6.26. The Bertz CT molecular complexity index is 952. The molecule has 0 aliphatic carbocycles. The second-order valence-electron chi connectivity index (χ2n) is 8.29. The summed E-state index contributed by atoms with van der Waals surface area (Å²) in [5.41, 5.74) is 0.862. The molecule has 0 bridgehead atoms. The minimum absolute atomic E-state index is 0.104. The number of rotatable bonds is 5. The van der Waals surface area contributed by atoms with Crippen molar-refractivity contribution in [3.05, 3.63) is 24.0 Å². The lowest BCUT2D eigenvalue weighted by atomic mass is 9.86. The van der Waals surface area contributed by atoms with Gasteiger partial charge in [0.05, 0.1) is 43.1 Å². The highest BCUT2D eigenvalue weighted by atomic mass is 32.2. The molecule has 1 N–H and O–H groups in total. The maximum absolute atomic E-state index is 14.9. The summed E-state index contributed by atoms with van der Waals surface area (Å²) in [4.78, 5) is 26.6. The molecule has 0 aromatic heterocycles. The number of piperidine rings is 1. The molecule has 170 valence electrons. The number of benzene rings is 1. The Morgan fingerprint density at radius 2 is 1.97 bits per heavy atom. The Morgan fingerprint density at radius 3 is 2.58 bits per heavy atom. The lowest BCUT2D eigenvalue weighted by molar-refractivity contribution is 0.132. The molecule has 0 unspecified atom stereocenters. The van der Waals surface area contributed by atoms with Crippen LogP contribution in [0.3, 0.4) is 0 Å². The van der Waals surface area contributed by atoms with E-state index in [2.05, 4.69) is 10.1 Å². The summed E-state index contributed by atoms with van der Waals surface area (Å²) >= 11 is 0. The Hall–Kier alpha value is -2.56. The molecule has 3 heterocycles. The van der Waals surface area contributed by atoms with Crippen LogP contribution in [0.5, 0.6) is 0 Å². The number of nitrogens with zero attached hydrogens (tertiary/aromatic N) is 2. The first-order chi connectivity index (χ1) is 14.8. The third kappa shape index (κ3) is 4.70. The van der Waals surface area contributed by atoms with E-state index in [1.54, 1.807) is 12.1 Å². The van der Waals surface area contributed by atoms with Crippen LogP contribution in [0.15, 0.2) is 18.2 Å². The van der Waals surface area contributed by atoms with E-state index in [9.17, 15) is 22.4 Å². The molecule has 0 spiro atoms. The van der Waals surface area contributed by atoms with E-state index in [1.807, 2.05) is 4.90 Å². The van der Waals surface area contributed by atoms with Crippen LogP contribution < -0.4 is 15.1 Å². The number of sulfone groups is 1. The molecule has 3 saturated heterocycles. The molecule has 11 heteroatoms. The van der Waals surface area contributed by atoms with E-state index in [0.29, 0.717) is 30.4 Å². The fourth-order valence-corrected chi connectivity index (χ4v) is 6.27. The number of hydrogen-bond acceptors (Lipinski definition) is 7. The van der Waals surface area contributed by atoms with Crippen LogP contribution in [0, 0.1) is 17.7 Å². The van der Waals surface area contributed by atoms with E-state index in [4.69, 9.17) is 4.74 Å². The van der Waals surface area contributed by atoms with Crippen LogP contribution in [0.2, 0.25) is 0 Å². The Morgan fingerprint density at radius 1 is 1.26 bits per heavy atom. The highest BCUT2D eigenvalue weighted by molar-refractivity contribution is 7.92. The van der Waals surface area contributed by atoms with Crippen LogP contribution in [-0.2, 0) is 19.3 Å². The van der Waals surface area contributed by atoms with Gasteiger partial charge in [0.25, 0.3) is 0 Å². The van der Waals surface area contributed by atoms with Gasteiger partial charge >= 0.3 is 12.2 Å². The zero-order chi connectivity index (χ0) is 22.2. The van der Waals surface area contributed by atoms with Crippen LogP contribution in [0.1, 0.15) is 12.8 Å². The molecular formula is C20H26FN3O6S. The molecule has 2 amide bonds. The van der Waals surface area contributed by atoms with Gasteiger partial charge < -0.3 is 19.7 Å². The van der Waals surface area contributed by atoms with Crippen molar-refractivity contribution in [2.45, 2.75) is 18.9 Å². The number of ether oxygens (including phenoxy) is 2. The number of methoxy groups -OCH3 is 1. The summed E-state index contributed by atoms with van der Waals surface area (Å²) in [6.45, 7) is 1.64. The number of alkyl carbamates (subject to hydrolysis) is 1. The first-order valence-corrected chi connectivity index (χ1v) is 12.1. The van der Waals surface area contributed by atoms with Crippen LogP contribution in [-0.4, -0.2) is 71.5 Å². The SMILES string of the molecule is COC(=O)NC[C@H]1CN(c2ccc(N3CCC(C4CS(=O)(=O)C4)CC3)c(F)c2)C(=O)O1. The van der Waals surface area contributed by atoms with Gasteiger partial charge in [-0.2, -0.15) is 0 Å². The van der Waals surface area contributed by atoms with E-state index < -0.39 is 33.9 Å². The van der Waals surface area contributed by atoms with Crippen LogP contribution in [0.25, 0.3) is 0 Å². The normalized spacial score (nSPS) is 23.9. The average Bonchev–Trinajstić information content (AvgIpc) is 3.11. The van der Waals surface area contributed by atoms with Gasteiger partial charge in [0.15, 0.2) is 9.84 Å². The summed E-state index contributed by atoms with van der Waals surface area (Å²) in [5, 5.41) is 2.48. The topological polar surface area (TPSA) is 105 Å². The summed E-state index contributed by atoms with van der Waals surface area (Å²) < 4.78 is 47.4. The van der Waals surface area contributed by atoms with Gasteiger partial charge in [-0.05, 0) is 42.9 Å². The highest BCUT2D eigenvalue weighted by Gasteiger charge is 2.40. The van der Waals surface area contributed by atoms with Crippen molar-refractivity contribution in [2.24, 2.45) is 11.8 Å². The maximum Gasteiger partial charge on any atom is 0.414 e. The minimum Gasteiger partial charge on any atom is -0.453 e. The Balaban J connectivity index is 1.34. The molecule has 1 aromatic rings. The van der Waals surface area contributed by atoms with Crippen molar-refractivity contribution < 1.29 is 31.9 Å². The average molecular weight is 456 g/mol. The highest BCUT2D eigenvalue weighted by Crippen LogP contribution is 2.36. The summed E-state index contributed by atoms with van der Waals surface area (Å²) in [5.74, 6) is 0.747. The fourth-order valence-electron chi connectivity index (χ4n) is 4.52. The van der Waals surface area contributed by atoms with Gasteiger partial charge in [-0.25, -0.2) is 22.4 Å². The van der Waals surface area contributed by atoms with Gasteiger partial charge in [-0.1, -0.05) is 0 Å². The van der Waals surface area contributed by atoms with Crippen molar-refractivity contribution in [3.63, 3.8) is 0 Å². The zero-order valence-corrected chi connectivity index (χ0v) is 18.1. The van der Waals surface area contributed by atoms with Crippen molar-refractivity contribution >= 4 is 33.4 Å². The molecule has 1 atom stereocenters. The number of hydrogen-bond donors (Lipinski definition) is 1. The summed E-state index contributed by atoms with van der Waals surface area (Å²) in [6.07, 6.45) is -0.0833. The molecule has 9 nitrogen and oxygen atoms in total. The smallest absolute Gasteiger partial charge is 0.414 e. The third-order valence-corrected chi connectivity index (χ3v) is 8.13. The number of amides is 2. The number of nitrogens with one attached hydrogen (secondary N) is 1. The number of halogens is 1. The Labute approximate surface area is 180 Å². The summed E-state index contributed by atoms with van der Waals surface area (Å²) in [6, 6.07) is 4.66.